The van der Waals surface area contributed by atoms with E-state index in [0.29, 0.717) is 24.5 Å². The largest absolute Gasteiger partial charge is 0.494 e. The summed E-state index contributed by atoms with van der Waals surface area (Å²) in [6.45, 7) is 9.26. The molecule has 1 aromatic carbocycles. The van der Waals surface area contributed by atoms with Gasteiger partial charge in [0.15, 0.2) is 5.69 Å². The van der Waals surface area contributed by atoms with Crippen molar-refractivity contribution in [1.29, 1.82) is 0 Å². The van der Waals surface area contributed by atoms with Gasteiger partial charge in [0.05, 0.1) is 6.61 Å². The molecule has 0 bridgehead atoms. The zero-order chi connectivity index (χ0) is 23.0. The minimum atomic E-state index is -0.663. The molecule has 8 heteroatoms. The van der Waals surface area contributed by atoms with Crippen LogP contribution in [-0.4, -0.2) is 28.6 Å². The Kier molecular flexibility index (Phi) is 8.90. The van der Waals surface area contributed by atoms with Crippen molar-refractivity contribution in [3.63, 3.8) is 0 Å². The van der Waals surface area contributed by atoms with E-state index in [-0.39, 0.29) is 29.9 Å². The lowest BCUT2D eigenvalue weighted by Gasteiger charge is -2.26. The first-order valence-electron chi connectivity index (χ1n) is 11.0. The highest BCUT2D eigenvalue weighted by Crippen LogP contribution is 2.22. The van der Waals surface area contributed by atoms with E-state index in [1.165, 1.54) is 9.47 Å². The summed E-state index contributed by atoms with van der Waals surface area (Å²) < 4.78 is 6.98. The molecule has 0 aliphatic heterocycles. The van der Waals surface area contributed by atoms with Crippen LogP contribution >= 0.6 is 0 Å². The van der Waals surface area contributed by atoms with Crippen molar-refractivity contribution < 1.29 is 9.53 Å². The summed E-state index contributed by atoms with van der Waals surface area (Å²) in [7, 11) is 0. The topological polar surface area (TPSA) is 110 Å². The smallest absolute Gasteiger partial charge is 0.330 e. The van der Waals surface area contributed by atoms with Crippen molar-refractivity contribution in [2.24, 2.45) is 5.92 Å². The number of H-pyrrole nitrogens is 1. The fourth-order valence-electron chi connectivity index (χ4n) is 3.20. The molecule has 0 unspecified atom stereocenters. The van der Waals surface area contributed by atoms with Crippen LogP contribution in [0, 0.1) is 5.92 Å². The van der Waals surface area contributed by atoms with Crippen LogP contribution in [-0.2, 0) is 6.54 Å². The van der Waals surface area contributed by atoms with Crippen molar-refractivity contribution in [1.82, 2.24) is 9.55 Å². The van der Waals surface area contributed by atoms with Gasteiger partial charge in [0.2, 0.25) is 0 Å². The van der Waals surface area contributed by atoms with Gasteiger partial charge in [-0.3, -0.25) is 19.1 Å². The Labute approximate surface area is 183 Å². The van der Waals surface area contributed by atoms with E-state index in [1.54, 1.807) is 24.3 Å². The zero-order valence-electron chi connectivity index (χ0n) is 18.9. The SMILES string of the molecule is CCCCOc1ccc(C(=O)N(CC(C)C)c2c(N)n(CCCC)c(=O)[nH]c2=O)cc1. The number of nitrogens with two attached hydrogens (primary N) is 1. The Bertz CT molecular complexity index is 977. The molecule has 0 aliphatic rings. The highest BCUT2D eigenvalue weighted by Gasteiger charge is 2.26. The first kappa shape index (κ1) is 24.2. The van der Waals surface area contributed by atoms with Crippen molar-refractivity contribution in [3.8, 4) is 5.75 Å². The molecular weight excluding hydrogens is 396 g/mol. The minimum Gasteiger partial charge on any atom is -0.494 e. The Morgan fingerprint density at radius 2 is 1.77 bits per heavy atom. The predicted molar refractivity (Wildman–Crippen MR) is 124 cm³/mol. The second-order valence-electron chi connectivity index (χ2n) is 8.03. The lowest BCUT2D eigenvalue weighted by atomic mass is 10.1. The van der Waals surface area contributed by atoms with Crippen molar-refractivity contribution in [3.05, 3.63) is 50.7 Å². The standard InChI is InChI=1S/C23H34N4O4/c1-5-7-13-26-20(24)19(21(28)25-23(26)30)27(15-16(3)4)22(29)17-9-11-18(12-10-17)31-14-8-6-2/h9-12,16H,5-8,13-15,24H2,1-4H3,(H,25,28,30). The van der Waals surface area contributed by atoms with Crippen molar-refractivity contribution in [2.75, 3.05) is 23.8 Å². The van der Waals surface area contributed by atoms with E-state index >= 15 is 0 Å². The van der Waals surface area contributed by atoms with Gasteiger partial charge < -0.3 is 15.4 Å². The molecule has 31 heavy (non-hydrogen) atoms. The Morgan fingerprint density at radius 3 is 2.35 bits per heavy atom. The zero-order valence-corrected chi connectivity index (χ0v) is 18.9. The molecule has 0 spiro atoms. The number of unbranched alkanes of at least 4 members (excludes halogenated alkanes) is 2. The summed E-state index contributed by atoms with van der Waals surface area (Å²) in [5.74, 6) is 0.420. The van der Waals surface area contributed by atoms with Crippen LogP contribution < -0.4 is 26.6 Å². The second-order valence-corrected chi connectivity index (χ2v) is 8.03. The first-order chi connectivity index (χ1) is 14.8. The molecule has 0 saturated heterocycles. The van der Waals surface area contributed by atoms with Crippen LogP contribution in [0.4, 0.5) is 11.5 Å². The van der Waals surface area contributed by atoms with Gasteiger partial charge >= 0.3 is 5.69 Å². The number of amides is 1. The maximum atomic E-state index is 13.4. The van der Waals surface area contributed by atoms with Gasteiger partial charge in [-0.15, -0.1) is 0 Å². The van der Waals surface area contributed by atoms with Crippen molar-refractivity contribution >= 4 is 17.4 Å². The van der Waals surface area contributed by atoms with Crippen LogP contribution in [0.1, 0.15) is 63.7 Å². The van der Waals surface area contributed by atoms with Gasteiger partial charge in [-0.1, -0.05) is 40.5 Å². The van der Waals surface area contributed by atoms with E-state index in [1.807, 2.05) is 20.8 Å². The van der Waals surface area contributed by atoms with Gasteiger partial charge in [-0.05, 0) is 43.0 Å². The number of nitrogen functional groups attached to an aromatic ring is 1. The minimum absolute atomic E-state index is 0.00993. The molecule has 1 amide bonds. The monoisotopic (exact) mass is 430 g/mol. The van der Waals surface area contributed by atoms with Crippen LogP contribution in [0.15, 0.2) is 33.9 Å². The molecule has 2 aromatic rings. The molecule has 0 saturated carbocycles. The van der Waals surface area contributed by atoms with Gasteiger partial charge in [-0.2, -0.15) is 0 Å². The normalized spacial score (nSPS) is 11.0. The first-order valence-corrected chi connectivity index (χ1v) is 11.0. The maximum absolute atomic E-state index is 13.4. The Morgan fingerprint density at radius 1 is 1.13 bits per heavy atom. The average Bonchev–Trinajstić information content (AvgIpc) is 2.72. The highest BCUT2D eigenvalue weighted by molar-refractivity contribution is 6.07. The van der Waals surface area contributed by atoms with Gasteiger partial charge in [-0.25, -0.2) is 4.79 Å². The van der Waals surface area contributed by atoms with Crippen LogP contribution in [0.25, 0.3) is 0 Å². The van der Waals surface area contributed by atoms with E-state index in [0.717, 1.165) is 25.7 Å². The number of ether oxygens (including phenoxy) is 1. The summed E-state index contributed by atoms with van der Waals surface area (Å²) in [6.07, 6.45) is 3.59. The third-order valence-electron chi connectivity index (χ3n) is 4.88. The molecule has 2 rings (SSSR count). The van der Waals surface area contributed by atoms with Gasteiger partial charge in [0.1, 0.15) is 11.6 Å². The number of nitrogens with zero attached hydrogens (tertiary/aromatic N) is 2. The summed E-state index contributed by atoms with van der Waals surface area (Å²) in [5.41, 5.74) is 5.43. The number of hydrogen-bond donors (Lipinski definition) is 2. The summed E-state index contributed by atoms with van der Waals surface area (Å²) >= 11 is 0. The van der Waals surface area contributed by atoms with Crippen molar-refractivity contribution in [2.45, 2.75) is 59.9 Å². The van der Waals surface area contributed by atoms with Crippen LogP contribution in [0.2, 0.25) is 0 Å². The third-order valence-corrected chi connectivity index (χ3v) is 4.88. The lowest BCUT2D eigenvalue weighted by Crippen LogP contribution is -2.42. The van der Waals surface area contributed by atoms with Gasteiger partial charge in [0.25, 0.3) is 11.5 Å². The predicted octanol–water partition coefficient (Wildman–Crippen LogP) is 3.40. The van der Waals surface area contributed by atoms with Crippen LogP contribution in [0.3, 0.4) is 0 Å². The molecule has 0 atom stereocenters. The number of anilines is 2. The van der Waals surface area contributed by atoms with E-state index in [2.05, 4.69) is 11.9 Å². The molecule has 170 valence electrons. The summed E-state index contributed by atoms with van der Waals surface area (Å²) in [6, 6.07) is 6.83. The molecular formula is C23H34N4O4. The molecule has 0 aliphatic carbocycles. The Hall–Kier alpha value is -3.03. The average molecular weight is 431 g/mol. The maximum Gasteiger partial charge on any atom is 0.330 e. The number of carbonyl (C=O) groups is 1. The number of carbonyl (C=O) groups excluding carboxylic acids is 1. The molecule has 8 nitrogen and oxygen atoms in total. The molecule has 1 aromatic heterocycles. The van der Waals surface area contributed by atoms with E-state index in [9.17, 15) is 14.4 Å². The van der Waals surface area contributed by atoms with E-state index < -0.39 is 11.2 Å². The highest BCUT2D eigenvalue weighted by atomic mass is 16.5. The third kappa shape index (κ3) is 6.23. The molecule has 1 heterocycles. The lowest BCUT2D eigenvalue weighted by molar-refractivity contribution is 0.0983. The fourth-order valence-corrected chi connectivity index (χ4v) is 3.20. The fraction of sp³-hybridized carbons (Fsp3) is 0.522. The number of rotatable bonds is 11. The molecule has 3 N–H and O–H groups in total. The summed E-state index contributed by atoms with van der Waals surface area (Å²) in [4.78, 5) is 42.0. The quantitative estimate of drug-likeness (QED) is 0.531. The second kappa shape index (κ2) is 11.4. The summed E-state index contributed by atoms with van der Waals surface area (Å²) in [5, 5.41) is 0. The number of hydrogen-bond acceptors (Lipinski definition) is 5. The molecule has 0 fully saturated rings. The number of aromatic nitrogens is 2. The molecule has 0 radical (unpaired) electrons. The van der Waals surface area contributed by atoms with E-state index in [4.69, 9.17) is 10.5 Å². The number of benzene rings is 1. The number of nitrogens with one attached hydrogen (secondary N) is 1. The van der Waals surface area contributed by atoms with Gasteiger partial charge in [0, 0.05) is 18.7 Å². The number of aromatic amines is 1. The van der Waals surface area contributed by atoms with Crippen LogP contribution in [0.5, 0.6) is 5.75 Å². The Balaban J connectivity index is 2.43.